The van der Waals surface area contributed by atoms with Crippen molar-refractivity contribution in [1.82, 2.24) is 35.0 Å². The summed E-state index contributed by atoms with van der Waals surface area (Å²) >= 11 is 0. The largest absolute Gasteiger partial charge is 0.330 e. The number of nitrogens with zero attached hydrogens (tertiary/aromatic N) is 8. The van der Waals surface area contributed by atoms with Gasteiger partial charge in [0, 0.05) is 30.1 Å². The van der Waals surface area contributed by atoms with Crippen LogP contribution in [-0.2, 0) is 6.42 Å². The van der Waals surface area contributed by atoms with E-state index in [0.717, 1.165) is 40.3 Å². The third kappa shape index (κ3) is 3.24. The van der Waals surface area contributed by atoms with E-state index in [0.29, 0.717) is 17.3 Å². The fourth-order valence-electron chi connectivity index (χ4n) is 3.74. The molecule has 2 aromatic carbocycles. The van der Waals surface area contributed by atoms with Crippen molar-refractivity contribution in [1.29, 1.82) is 5.26 Å². The first kappa shape index (κ1) is 19.4. The van der Waals surface area contributed by atoms with E-state index in [2.05, 4.69) is 48.8 Å². The number of H-pyrrole nitrogens is 1. The van der Waals surface area contributed by atoms with Gasteiger partial charge in [-0.05, 0) is 40.1 Å². The Balaban J connectivity index is 1.55. The lowest BCUT2D eigenvalue weighted by molar-refractivity contribution is 0.881. The molecular weight excluding hydrogens is 402 g/mol. The minimum atomic E-state index is 0.447. The molecule has 3 heterocycles. The molecule has 0 aliphatic carbocycles. The molecular formula is C23H19N9. The van der Waals surface area contributed by atoms with Crippen LogP contribution >= 0.6 is 0 Å². The number of benzene rings is 2. The number of hydrogen-bond acceptors (Lipinski definition) is 7. The van der Waals surface area contributed by atoms with Crippen molar-refractivity contribution >= 4 is 17.3 Å². The average Bonchev–Trinajstić information content (AvgIpc) is 3.53. The Kier molecular flexibility index (Phi) is 4.80. The van der Waals surface area contributed by atoms with Crippen molar-refractivity contribution < 1.29 is 0 Å². The summed E-state index contributed by atoms with van der Waals surface area (Å²) in [5.41, 5.74) is 5.34. The van der Waals surface area contributed by atoms with Crippen molar-refractivity contribution in [2.45, 2.75) is 13.3 Å². The zero-order chi connectivity index (χ0) is 22.1. The highest BCUT2D eigenvalue weighted by molar-refractivity contribution is 5.81. The zero-order valence-electron chi connectivity index (χ0n) is 17.6. The summed E-state index contributed by atoms with van der Waals surface area (Å²) in [6, 6.07) is 20.4. The summed E-state index contributed by atoms with van der Waals surface area (Å²) in [5, 5.41) is 23.8. The maximum Gasteiger partial charge on any atom is 0.236 e. The minimum absolute atomic E-state index is 0.447. The molecule has 0 saturated heterocycles. The number of aryl methyl sites for hydroxylation is 1. The molecule has 0 amide bonds. The quantitative estimate of drug-likeness (QED) is 0.460. The van der Waals surface area contributed by atoms with Crippen LogP contribution in [0.1, 0.15) is 18.3 Å². The Morgan fingerprint density at radius 1 is 1.09 bits per heavy atom. The van der Waals surface area contributed by atoms with Gasteiger partial charge >= 0.3 is 0 Å². The summed E-state index contributed by atoms with van der Waals surface area (Å²) < 4.78 is 1.78. The van der Waals surface area contributed by atoms with Crippen molar-refractivity contribution in [3.05, 3.63) is 72.2 Å². The molecule has 5 aromatic rings. The number of aromatic amines is 1. The summed E-state index contributed by atoms with van der Waals surface area (Å²) in [6.45, 7) is 2.05. The molecule has 0 radical (unpaired) electrons. The standard InChI is InChI=1S/C23H19N9/c1-3-16-12-21(32-18(13-24)14-25-23(32)26-16)31(2)17-10-8-15(9-11-17)19-6-4-5-7-20(19)22-27-29-30-28-22/h4-12,14H,3H2,1-2H3,(H,27,28,29,30). The Morgan fingerprint density at radius 2 is 1.88 bits per heavy atom. The smallest absolute Gasteiger partial charge is 0.236 e. The Bertz CT molecular complexity index is 1430. The highest BCUT2D eigenvalue weighted by Crippen LogP contribution is 2.32. The van der Waals surface area contributed by atoms with Crippen LogP contribution in [0.25, 0.3) is 28.3 Å². The summed E-state index contributed by atoms with van der Waals surface area (Å²) in [7, 11) is 1.97. The molecule has 0 aliphatic rings. The van der Waals surface area contributed by atoms with Crippen molar-refractivity contribution in [2.24, 2.45) is 0 Å². The van der Waals surface area contributed by atoms with E-state index in [-0.39, 0.29) is 0 Å². The fraction of sp³-hybridized carbons (Fsp3) is 0.130. The number of aromatic nitrogens is 7. The first-order valence-electron chi connectivity index (χ1n) is 10.1. The van der Waals surface area contributed by atoms with Gasteiger partial charge in [-0.1, -0.05) is 43.3 Å². The number of tetrazole rings is 1. The maximum atomic E-state index is 9.52. The lowest BCUT2D eigenvalue weighted by atomic mass is 9.99. The molecule has 3 aromatic heterocycles. The number of imidazole rings is 1. The van der Waals surface area contributed by atoms with E-state index in [1.165, 1.54) is 0 Å². The van der Waals surface area contributed by atoms with Crippen LogP contribution in [0.15, 0.2) is 60.8 Å². The Labute approximate surface area is 184 Å². The van der Waals surface area contributed by atoms with Gasteiger partial charge in [-0.3, -0.25) is 4.40 Å². The van der Waals surface area contributed by atoms with E-state index in [9.17, 15) is 5.26 Å². The Hall–Kier alpha value is -4.58. The van der Waals surface area contributed by atoms with Crippen LogP contribution in [-0.4, -0.2) is 42.0 Å². The van der Waals surface area contributed by atoms with Gasteiger partial charge in [-0.15, -0.1) is 5.10 Å². The molecule has 0 saturated carbocycles. The lowest BCUT2D eigenvalue weighted by Crippen LogP contribution is -2.15. The second-order valence-corrected chi connectivity index (χ2v) is 7.25. The second-order valence-electron chi connectivity index (χ2n) is 7.25. The van der Waals surface area contributed by atoms with E-state index in [1.54, 1.807) is 10.6 Å². The number of nitriles is 1. The van der Waals surface area contributed by atoms with Gasteiger partial charge < -0.3 is 4.90 Å². The molecule has 0 atom stereocenters. The molecule has 5 rings (SSSR count). The predicted molar refractivity (Wildman–Crippen MR) is 120 cm³/mol. The van der Waals surface area contributed by atoms with Gasteiger partial charge in [0.25, 0.3) is 0 Å². The molecule has 0 spiro atoms. The van der Waals surface area contributed by atoms with Gasteiger partial charge in [-0.25, -0.2) is 15.1 Å². The highest BCUT2D eigenvalue weighted by atomic mass is 15.5. The Morgan fingerprint density at radius 3 is 2.56 bits per heavy atom. The first-order valence-corrected chi connectivity index (χ1v) is 10.1. The third-order valence-corrected chi connectivity index (χ3v) is 5.43. The normalized spacial score (nSPS) is 10.9. The number of fused-ring (bicyclic) bond motifs is 1. The van der Waals surface area contributed by atoms with Crippen LogP contribution < -0.4 is 4.90 Å². The van der Waals surface area contributed by atoms with E-state index in [1.807, 2.05) is 61.3 Å². The van der Waals surface area contributed by atoms with E-state index in [4.69, 9.17) is 0 Å². The number of rotatable bonds is 5. The predicted octanol–water partition coefficient (Wildman–Crippen LogP) is 3.78. The van der Waals surface area contributed by atoms with Gasteiger partial charge in [0.1, 0.15) is 17.6 Å². The van der Waals surface area contributed by atoms with Crippen LogP contribution in [0, 0.1) is 11.3 Å². The van der Waals surface area contributed by atoms with Gasteiger partial charge in [0.05, 0.1) is 6.20 Å². The molecule has 156 valence electrons. The van der Waals surface area contributed by atoms with E-state index >= 15 is 0 Å². The van der Waals surface area contributed by atoms with Crippen molar-refractivity contribution in [3.8, 4) is 28.6 Å². The van der Waals surface area contributed by atoms with Crippen LogP contribution in [0.5, 0.6) is 0 Å². The summed E-state index contributed by atoms with van der Waals surface area (Å²) in [4.78, 5) is 10.9. The number of anilines is 2. The topological polar surface area (TPSA) is 112 Å². The SMILES string of the molecule is CCc1cc(N(C)c2ccc(-c3ccccc3-c3nnn[nH]3)cc2)n2c(C#N)cnc2n1. The summed E-state index contributed by atoms with van der Waals surface area (Å²) in [6.07, 6.45) is 2.33. The molecule has 0 unspecified atom stereocenters. The maximum absolute atomic E-state index is 9.52. The third-order valence-electron chi connectivity index (χ3n) is 5.43. The molecule has 0 fully saturated rings. The van der Waals surface area contributed by atoms with Crippen LogP contribution in [0.4, 0.5) is 11.5 Å². The number of nitrogens with one attached hydrogen (secondary N) is 1. The van der Waals surface area contributed by atoms with Gasteiger partial charge in [0.15, 0.2) is 5.82 Å². The molecule has 9 heteroatoms. The monoisotopic (exact) mass is 421 g/mol. The van der Waals surface area contributed by atoms with E-state index < -0.39 is 0 Å². The highest BCUT2D eigenvalue weighted by Gasteiger charge is 2.16. The molecule has 0 bridgehead atoms. The van der Waals surface area contributed by atoms with Gasteiger partial charge in [0.2, 0.25) is 5.78 Å². The first-order chi connectivity index (χ1) is 15.7. The zero-order valence-corrected chi connectivity index (χ0v) is 17.6. The van der Waals surface area contributed by atoms with Crippen molar-refractivity contribution in [2.75, 3.05) is 11.9 Å². The minimum Gasteiger partial charge on any atom is -0.330 e. The van der Waals surface area contributed by atoms with Gasteiger partial charge in [-0.2, -0.15) is 5.26 Å². The lowest BCUT2D eigenvalue weighted by Gasteiger charge is -2.22. The van der Waals surface area contributed by atoms with Crippen molar-refractivity contribution in [3.63, 3.8) is 0 Å². The molecule has 9 nitrogen and oxygen atoms in total. The molecule has 0 aliphatic heterocycles. The summed E-state index contributed by atoms with van der Waals surface area (Å²) in [5.74, 6) is 1.98. The van der Waals surface area contributed by atoms with Crippen LogP contribution in [0.3, 0.4) is 0 Å². The van der Waals surface area contributed by atoms with Crippen LogP contribution in [0.2, 0.25) is 0 Å². The average molecular weight is 421 g/mol. The molecule has 1 N–H and O–H groups in total. The fourth-order valence-corrected chi connectivity index (χ4v) is 3.74. The number of hydrogen-bond donors (Lipinski definition) is 1. The molecule has 32 heavy (non-hydrogen) atoms. The second kappa shape index (κ2) is 7.92.